The number of benzene rings is 2. The molecule has 0 radical (unpaired) electrons. The molecule has 4 aromatic rings. The quantitative estimate of drug-likeness (QED) is 0.348. The van der Waals surface area contributed by atoms with E-state index in [1.54, 1.807) is 13.3 Å². The minimum absolute atomic E-state index is 0.0715. The number of hydrogen-bond donors (Lipinski definition) is 0. The summed E-state index contributed by atoms with van der Waals surface area (Å²) < 4.78 is 5.42. The average molecular weight is 428 g/mol. The lowest BCUT2D eigenvalue weighted by Gasteiger charge is -2.10. The highest BCUT2D eigenvalue weighted by molar-refractivity contribution is 8.00. The molecule has 0 atom stereocenters. The van der Waals surface area contributed by atoms with E-state index in [1.165, 1.54) is 18.1 Å². The van der Waals surface area contributed by atoms with Crippen molar-refractivity contribution in [3.8, 4) is 17.0 Å². The molecule has 0 aliphatic carbocycles. The Hall–Kier alpha value is -3.51. The van der Waals surface area contributed by atoms with Crippen molar-refractivity contribution in [2.24, 2.45) is 0 Å². The second-order valence-electron chi connectivity index (χ2n) is 6.93. The first-order valence-corrected chi connectivity index (χ1v) is 10.8. The number of methoxy groups -OCH3 is 1. The van der Waals surface area contributed by atoms with Crippen LogP contribution in [-0.4, -0.2) is 33.6 Å². The molecule has 0 bridgehead atoms. The number of pyridine rings is 1. The minimum Gasteiger partial charge on any atom is -0.496 e. The van der Waals surface area contributed by atoms with Gasteiger partial charge in [0.2, 0.25) is 0 Å². The van der Waals surface area contributed by atoms with E-state index in [9.17, 15) is 4.79 Å². The summed E-state index contributed by atoms with van der Waals surface area (Å²) in [6.45, 7) is 4.08. The minimum atomic E-state index is 0.0715. The summed E-state index contributed by atoms with van der Waals surface area (Å²) in [6, 6.07) is 19.5. The Morgan fingerprint density at radius 3 is 2.71 bits per heavy atom. The van der Waals surface area contributed by atoms with Gasteiger partial charge < -0.3 is 4.74 Å². The van der Waals surface area contributed by atoms with E-state index in [1.807, 2.05) is 60.7 Å². The van der Waals surface area contributed by atoms with E-state index in [0.29, 0.717) is 17.0 Å². The van der Waals surface area contributed by atoms with Crippen molar-refractivity contribution >= 4 is 33.9 Å². The molecule has 154 valence electrons. The van der Waals surface area contributed by atoms with Gasteiger partial charge in [-0.25, -0.2) is 15.0 Å². The van der Waals surface area contributed by atoms with Gasteiger partial charge in [0, 0.05) is 23.6 Å². The third kappa shape index (κ3) is 4.81. The first-order valence-electron chi connectivity index (χ1n) is 9.77. The topological polar surface area (TPSA) is 65.0 Å². The monoisotopic (exact) mass is 427 g/mol. The summed E-state index contributed by atoms with van der Waals surface area (Å²) in [7, 11) is 1.63. The molecule has 0 amide bonds. The lowest BCUT2D eigenvalue weighted by Crippen LogP contribution is -2.04. The van der Waals surface area contributed by atoms with Gasteiger partial charge in [0.05, 0.1) is 24.3 Å². The molecule has 0 unspecified atom stereocenters. The van der Waals surface area contributed by atoms with E-state index in [-0.39, 0.29) is 12.2 Å². The normalized spacial score (nSPS) is 10.7. The molecule has 0 spiro atoms. The zero-order chi connectivity index (χ0) is 21.6. The number of aromatic nitrogens is 3. The van der Waals surface area contributed by atoms with Crippen LogP contribution in [0.3, 0.4) is 0 Å². The molecule has 5 nitrogen and oxygen atoms in total. The van der Waals surface area contributed by atoms with Gasteiger partial charge in [0.1, 0.15) is 22.9 Å². The van der Waals surface area contributed by atoms with Crippen molar-refractivity contribution in [3.63, 3.8) is 0 Å². The first-order chi connectivity index (χ1) is 15.2. The molecule has 31 heavy (non-hydrogen) atoms. The van der Waals surface area contributed by atoms with Gasteiger partial charge >= 0.3 is 0 Å². The fourth-order valence-electron chi connectivity index (χ4n) is 3.29. The maximum Gasteiger partial charge on any atom is 0.147 e. The standard InChI is InChI=1S/C25H21N3O2S/c1-17(22-14-23(28-16-27-22)21-9-5-6-10-24(21)30-2)13-19(29)15-31-25-20-8-4-3-7-18(20)11-12-26-25/h3-12,14,16H,1,13,15H2,2H3. The Kier molecular flexibility index (Phi) is 6.38. The van der Waals surface area contributed by atoms with Crippen LogP contribution in [0.15, 0.2) is 84.8 Å². The summed E-state index contributed by atoms with van der Waals surface area (Å²) >= 11 is 1.45. The summed E-state index contributed by atoms with van der Waals surface area (Å²) in [5.74, 6) is 1.12. The number of Topliss-reactive ketones (excluding diaryl/α,β-unsaturated/α-hetero) is 1. The van der Waals surface area contributed by atoms with E-state index < -0.39 is 0 Å². The highest BCUT2D eigenvalue weighted by atomic mass is 32.2. The van der Waals surface area contributed by atoms with Gasteiger partial charge in [-0.3, -0.25) is 4.79 Å². The number of carbonyl (C=O) groups excluding carboxylic acids is 1. The van der Waals surface area contributed by atoms with Crippen LogP contribution in [0.5, 0.6) is 5.75 Å². The summed E-state index contributed by atoms with van der Waals surface area (Å²) in [6.07, 6.45) is 3.48. The van der Waals surface area contributed by atoms with Gasteiger partial charge in [-0.1, -0.05) is 54.7 Å². The molecular formula is C25H21N3O2S. The zero-order valence-corrected chi connectivity index (χ0v) is 17.9. The fraction of sp³-hybridized carbons (Fsp3) is 0.120. The highest BCUT2D eigenvalue weighted by Crippen LogP contribution is 2.30. The van der Waals surface area contributed by atoms with Crippen LogP contribution >= 0.6 is 11.8 Å². The number of ketones is 1. The molecule has 2 aromatic heterocycles. The van der Waals surface area contributed by atoms with Crippen LogP contribution in [0.25, 0.3) is 27.6 Å². The molecule has 4 rings (SSSR count). The predicted octanol–water partition coefficient (Wildman–Crippen LogP) is 5.47. The third-order valence-corrected chi connectivity index (χ3v) is 5.89. The Labute approximate surface area is 185 Å². The lowest BCUT2D eigenvalue weighted by molar-refractivity contribution is -0.115. The van der Waals surface area contributed by atoms with E-state index >= 15 is 0 Å². The molecule has 0 saturated carbocycles. The average Bonchev–Trinajstić information content (AvgIpc) is 2.82. The van der Waals surface area contributed by atoms with Gasteiger partial charge in [-0.05, 0) is 35.2 Å². The zero-order valence-electron chi connectivity index (χ0n) is 17.1. The SMILES string of the molecule is C=C(CC(=O)CSc1nccc2ccccc12)c1cc(-c2ccccc2OC)ncn1. The van der Waals surface area contributed by atoms with Crippen molar-refractivity contribution in [2.75, 3.05) is 12.9 Å². The van der Waals surface area contributed by atoms with Crippen molar-refractivity contribution in [3.05, 3.63) is 85.5 Å². The summed E-state index contributed by atoms with van der Waals surface area (Å²) in [5, 5.41) is 3.03. The molecule has 2 aromatic carbocycles. The molecular weight excluding hydrogens is 406 g/mol. The largest absolute Gasteiger partial charge is 0.496 e. The number of carbonyl (C=O) groups is 1. The number of thioether (sulfide) groups is 1. The lowest BCUT2D eigenvalue weighted by atomic mass is 10.1. The number of para-hydroxylation sites is 1. The van der Waals surface area contributed by atoms with E-state index in [4.69, 9.17) is 4.74 Å². The van der Waals surface area contributed by atoms with E-state index in [0.717, 1.165) is 32.8 Å². The summed E-state index contributed by atoms with van der Waals surface area (Å²) in [5.41, 5.74) is 2.91. The molecule has 0 fully saturated rings. The van der Waals surface area contributed by atoms with Crippen LogP contribution in [0.4, 0.5) is 0 Å². The molecule has 0 N–H and O–H groups in total. The number of ether oxygens (including phenoxy) is 1. The molecule has 0 aliphatic rings. The maximum absolute atomic E-state index is 12.6. The maximum atomic E-state index is 12.6. The predicted molar refractivity (Wildman–Crippen MR) is 125 cm³/mol. The van der Waals surface area contributed by atoms with Gasteiger partial charge in [-0.2, -0.15) is 0 Å². The van der Waals surface area contributed by atoms with Crippen LogP contribution < -0.4 is 4.74 Å². The third-order valence-electron chi connectivity index (χ3n) is 4.83. The van der Waals surface area contributed by atoms with Crippen LogP contribution in [-0.2, 0) is 4.79 Å². The van der Waals surface area contributed by atoms with Crippen molar-refractivity contribution < 1.29 is 9.53 Å². The first kappa shape index (κ1) is 20.8. The van der Waals surface area contributed by atoms with Crippen molar-refractivity contribution in [2.45, 2.75) is 11.4 Å². The Morgan fingerprint density at radius 1 is 1.03 bits per heavy atom. The van der Waals surface area contributed by atoms with Crippen LogP contribution in [0.1, 0.15) is 12.1 Å². The van der Waals surface area contributed by atoms with Gasteiger partial charge in [0.15, 0.2) is 0 Å². The second-order valence-corrected chi connectivity index (χ2v) is 7.90. The van der Waals surface area contributed by atoms with Crippen molar-refractivity contribution in [1.82, 2.24) is 15.0 Å². The number of fused-ring (bicyclic) bond motifs is 1. The van der Waals surface area contributed by atoms with Gasteiger partial charge in [-0.15, -0.1) is 0 Å². The Balaban J connectivity index is 1.44. The van der Waals surface area contributed by atoms with Crippen LogP contribution in [0.2, 0.25) is 0 Å². The van der Waals surface area contributed by atoms with Crippen LogP contribution in [0, 0.1) is 0 Å². The van der Waals surface area contributed by atoms with Gasteiger partial charge in [0.25, 0.3) is 0 Å². The molecule has 6 heteroatoms. The van der Waals surface area contributed by atoms with E-state index in [2.05, 4.69) is 21.5 Å². The fourth-order valence-corrected chi connectivity index (χ4v) is 4.17. The smallest absolute Gasteiger partial charge is 0.147 e. The Morgan fingerprint density at radius 2 is 1.84 bits per heavy atom. The number of rotatable bonds is 8. The molecule has 0 aliphatic heterocycles. The second kappa shape index (κ2) is 9.53. The number of hydrogen-bond acceptors (Lipinski definition) is 6. The number of nitrogens with zero attached hydrogens (tertiary/aromatic N) is 3. The molecule has 2 heterocycles. The molecule has 0 saturated heterocycles. The van der Waals surface area contributed by atoms with Crippen molar-refractivity contribution in [1.29, 1.82) is 0 Å². The Bertz CT molecular complexity index is 1250. The summed E-state index contributed by atoms with van der Waals surface area (Å²) in [4.78, 5) is 25.7. The number of allylic oxidation sites excluding steroid dienone is 1. The highest BCUT2D eigenvalue weighted by Gasteiger charge is 2.13.